The van der Waals surface area contributed by atoms with E-state index >= 15 is 0 Å². The van der Waals surface area contributed by atoms with Crippen molar-refractivity contribution >= 4 is 17.3 Å². The first-order valence-electron chi connectivity index (χ1n) is 5.91. The minimum atomic E-state index is -0.158. The van der Waals surface area contributed by atoms with E-state index in [4.69, 9.17) is 16.3 Å². The molecule has 1 aliphatic rings. The minimum absolute atomic E-state index is 0.0916. The maximum absolute atomic E-state index is 5.93. The summed E-state index contributed by atoms with van der Waals surface area (Å²) in [5.41, 5.74) is 2.08. The Balaban J connectivity index is 2.20. The molecular formula is C13H19ClN2O. The van der Waals surface area contributed by atoms with Gasteiger partial charge in [0.05, 0.1) is 17.6 Å². The normalized spacial score (nSPS) is 23.8. The maximum Gasteiger partial charge on any atom is 0.0893 e. The van der Waals surface area contributed by atoms with Crippen molar-refractivity contribution in [3.63, 3.8) is 0 Å². The number of aromatic nitrogens is 1. The minimum Gasteiger partial charge on any atom is -0.367 e. The Hall–Kier alpha value is -0.800. The van der Waals surface area contributed by atoms with E-state index in [2.05, 4.69) is 29.8 Å². The summed E-state index contributed by atoms with van der Waals surface area (Å²) in [7, 11) is 0. The van der Waals surface area contributed by atoms with Crippen LogP contribution >= 0.6 is 11.6 Å². The molecule has 0 N–H and O–H groups in total. The van der Waals surface area contributed by atoms with Gasteiger partial charge in [0, 0.05) is 30.7 Å². The second-order valence-electron chi connectivity index (χ2n) is 5.19. The smallest absolute Gasteiger partial charge is 0.0893 e. The zero-order valence-corrected chi connectivity index (χ0v) is 11.4. The zero-order chi connectivity index (χ0) is 12.5. The molecule has 0 amide bonds. The molecule has 1 unspecified atom stereocenters. The lowest BCUT2D eigenvalue weighted by atomic mass is 10.0. The summed E-state index contributed by atoms with van der Waals surface area (Å²) in [4.78, 5) is 6.55. The number of pyridine rings is 1. The molecule has 94 valence electrons. The number of morpholine rings is 1. The average molecular weight is 255 g/mol. The van der Waals surface area contributed by atoms with Gasteiger partial charge >= 0.3 is 0 Å². The second kappa shape index (κ2) is 4.83. The fraction of sp³-hybridized carbons (Fsp3) is 0.615. The van der Waals surface area contributed by atoms with Crippen LogP contribution in [0.4, 0.5) is 5.69 Å². The van der Waals surface area contributed by atoms with Gasteiger partial charge in [-0.15, -0.1) is 11.6 Å². The van der Waals surface area contributed by atoms with Crippen LogP contribution in [-0.2, 0) is 4.74 Å². The summed E-state index contributed by atoms with van der Waals surface area (Å²) in [5, 5.41) is 0. The van der Waals surface area contributed by atoms with E-state index in [9.17, 15) is 0 Å². The van der Waals surface area contributed by atoms with Gasteiger partial charge in [-0.3, -0.25) is 4.98 Å². The Morgan fingerprint density at radius 3 is 3.00 bits per heavy atom. The monoisotopic (exact) mass is 254 g/mol. The fourth-order valence-electron chi connectivity index (χ4n) is 2.30. The number of aryl methyl sites for hydroxylation is 1. The molecule has 0 spiro atoms. The van der Waals surface area contributed by atoms with Crippen LogP contribution in [0.5, 0.6) is 0 Å². The molecule has 1 aliphatic heterocycles. The Bertz CT molecular complexity index is 395. The molecule has 0 aliphatic carbocycles. The molecule has 1 fully saturated rings. The predicted molar refractivity (Wildman–Crippen MR) is 70.9 cm³/mol. The average Bonchev–Trinajstić information content (AvgIpc) is 2.27. The van der Waals surface area contributed by atoms with Crippen LogP contribution in [0, 0.1) is 6.92 Å². The Morgan fingerprint density at radius 2 is 2.35 bits per heavy atom. The van der Waals surface area contributed by atoms with Crippen LogP contribution in [0.3, 0.4) is 0 Å². The van der Waals surface area contributed by atoms with Crippen LogP contribution in [0.25, 0.3) is 0 Å². The summed E-state index contributed by atoms with van der Waals surface area (Å²) in [6.07, 6.45) is 1.94. The number of nitrogens with zero attached hydrogens (tertiary/aromatic N) is 2. The van der Waals surface area contributed by atoms with E-state index in [1.54, 1.807) is 0 Å². The van der Waals surface area contributed by atoms with Crippen LogP contribution in [0.15, 0.2) is 18.3 Å². The van der Waals surface area contributed by atoms with Crippen LogP contribution in [-0.4, -0.2) is 35.7 Å². The lowest BCUT2D eigenvalue weighted by Gasteiger charge is -2.43. The van der Waals surface area contributed by atoms with Gasteiger partial charge in [0.25, 0.3) is 0 Å². The molecule has 1 saturated heterocycles. The van der Waals surface area contributed by atoms with E-state index in [1.807, 2.05) is 19.2 Å². The molecule has 17 heavy (non-hydrogen) atoms. The van der Waals surface area contributed by atoms with Gasteiger partial charge in [0.15, 0.2) is 0 Å². The highest BCUT2D eigenvalue weighted by molar-refractivity contribution is 6.18. The Labute approximate surface area is 108 Å². The van der Waals surface area contributed by atoms with Crippen molar-refractivity contribution in [1.29, 1.82) is 0 Å². The standard InChI is InChI=1S/C13H19ClN2O/c1-10-6-11(4-5-15-10)16-8-12(7-14)17-13(2,3)9-16/h4-6,12H,7-9H2,1-3H3. The third-order valence-corrected chi connectivity index (χ3v) is 3.24. The van der Waals surface area contributed by atoms with Gasteiger partial charge in [-0.25, -0.2) is 0 Å². The third kappa shape index (κ3) is 3.11. The fourth-order valence-corrected chi connectivity index (χ4v) is 2.46. The largest absolute Gasteiger partial charge is 0.367 e. The van der Waals surface area contributed by atoms with Crippen molar-refractivity contribution in [3.05, 3.63) is 24.0 Å². The molecule has 0 radical (unpaired) electrons. The van der Waals surface area contributed by atoms with Crippen molar-refractivity contribution in [2.24, 2.45) is 0 Å². The Kier molecular flexibility index (Phi) is 3.59. The van der Waals surface area contributed by atoms with Crippen molar-refractivity contribution in [2.75, 3.05) is 23.9 Å². The number of rotatable bonds is 2. The van der Waals surface area contributed by atoms with Crippen LogP contribution in [0.2, 0.25) is 0 Å². The second-order valence-corrected chi connectivity index (χ2v) is 5.50. The van der Waals surface area contributed by atoms with Gasteiger partial charge in [-0.2, -0.15) is 0 Å². The number of halogens is 1. The van der Waals surface area contributed by atoms with Gasteiger partial charge in [-0.1, -0.05) is 0 Å². The molecule has 4 heteroatoms. The lowest BCUT2D eigenvalue weighted by molar-refractivity contribution is -0.0734. The number of anilines is 1. The van der Waals surface area contributed by atoms with Gasteiger partial charge in [-0.05, 0) is 32.9 Å². The molecule has 0 bridgehead atoms. The molecule has 1 aromatic heterocycles. The predicted octanol–water partition coefficient (Wildman–Crippen LogP) is 2.61. The highest BCUT2D eigenvalue weighted by Gasteiger charge is 2.33. The van der Waals surface area contributed by atoms with E-state index in [1.165, 1.54) is 5.69 Å². The summed E-state index contributed by atoms with van der Waals surface area (Å²) in [6, 6.07) is 4.15. The van der Waals surface area contributed by atoms with Crippen molar-refractivity contribution < 1.29 is 4.74 Å². The molecule has 1 aromatic rings. The van der Waals surface area contributed by atoms with Crippen molar-refractivity contribution in [3.8, 4) is 0 Å². The quantitative estimate of drug-likeness (QED) is 0.759. The van der Waals surface area contributed by atoms with E-state index in [0.717, 1.165) is 18.8 Å². The number of hydrogen-bond donors (Lipinski definition) is 0. The molecule has 1 atom stereocenters. The molecule has 3 nitrogen and oxygen atoms in total. The SMILES string of the molecule is Cc1cc(N2CC(CCl)OC(C)(C)C2)ccn1. The van der Waals surface area contributed by atoms with Gasteiger partial charge in [0.1, 0.15) is 0 Å². The molecule has 2 heterocycles. The molecule has 0 saturated carbocycles. The highest BCUT2D eigenvalue weighted by atomic mass is 35.5. The van der Waals surface area contributed by atoms with Crippen molar-refractivity contribution in [1.82, 2.24) is 4.98 Å². The molecule has 2 rings (SSSR count). The summed E-state index contributed by atoms with van der Waals surface area (Å²) in [6.45, 7) is 7.94. The van der Waals surface area contributed by atoms with E-state index in [-0.39, 0.29) is 11.7 Å². The van der Waals surface area contributed by atoms with Gasteiger partial charge in [0.2, 0.25) is 0 Å². The molecular weight excluding hydrogens is 236 g/mol. The number of ether oxygens (including phenoxy) is 1. The van der Waals surface area contributed by atoms with Gasteiger partial charge < -0.3 is 9.64 Å². The first-order valence-corrected chi connectivity index (χ1v) is 6.45. The summed E-state index contributed by atoms with van der Waals surface area (Å²) < 4.78 is 5.92. The summed E-state index contributed by atoms with van der Waals surface area (Å²) in [5.74, 6) is 0.532. The summed E-state index contributed by atoms with van der Waals surface area (Å²) >= 11 is 5.93. The van der Waals surface area contributed by atoms with Crippen LogP contribution in [0.1, 0.15) is 19.5 Å². The number of alkyl halides is 1. The van der Waals surface area contributed by atoms with E-state index in [0.29, 0.717) is 5.88 Å². The lowest BCUT2D eigenvalue weighted by Crippen LogP contribution is -2.53. The number of hydrogen-bond acceptors (Lipinski definition) is 3. The molecule has 0 aromatic carbocycles. The van der Waals surface area contributed by atoms with Crippen molar-refractivity contribution in [2.45, 2.75) is 32.5 Å². The Morgan fingerprint density at radius 1 is 1.59 bits per heavy atom. The third-order valence-electron chi connectivity index (χ3n) is 2.90. The zero-order valence-electron chi connectivity index (χ0n) is 10.6. The van der Waals surface area contributed by atoms with Crippen LogP contribution < -0.4 is 4.90 Å². The first-order chi connectivity index (χ1) is 8.00. The maximum atomic E-state index is 5.93. The van der Waals surface area contributed by atoms with E-state index < -0.39 is 0 Å². The topological polar surface area (TPSA) is 25.4 Å². The highest BCUT2D eigenvalue weighted by Crippen LogP contribution is 2.26. The first kappa shape index (κ1) is 12.7.